The second-order valence-electron chi connectivity index (χ2n) is 4.91. The van der Waals surface area contributed by atoms with E-state index >= 15 is 0 Å². The number of aryl methyl sites for hydroxylation is 1. The quantitative estimate of drug-likeness (QED) is 0.482. The van der Waals surface area contributed by atoms with Crippen molar-refractivity contribution in [1.82, 2.24) is 10.1 Å². The zero-order valence-corrected chi connectivity index (χ0v) is 14.3. The van der Waals surface area contributed by atoms with E-state index in [1.807, 2.05) is 37.3 Å². The molecule has 0 saturated heterocycles. The Labute approximate surface area is 146 Å². The fourth-order valence-electron chi connectivity index (χ4n) is 1.90. The van der Waals surface area contributed by atoms with Crippen molar-refractivity contribution < 1.29 is 18.5 Å². The Hall–Kier alpha value is -2.67. The number of hydrogen-bond donors (Lipinski definition) is 0. The maximum absolute atomic E-state index is 11.7. The molecule has 0 N–H and O–H groups in total. The van der Waals surface area contributed by atoms with Gasteiger partial charge in [0.05, 0.1) is 0 Å². The van der Waals surface area contributed by atoms with Crippen LogP contribution in [0, 0.1) is 6.92 Å². The largest absolute Gasteiger partial charge is 0.462 e. The molecule has 0 atom stereocenters. The minimum Gasteiger partial charge on any atom is -0.462 e. The molecule has 0 radical (unpaired) electrons. The van der Waals surface area contributed by atoms with Crippen LogP contribution in [-0.2, 0) is 16.1 Å². The summed E-state index contributed by atoms with van der Waals surface area (Å²) >= 11 is 3.36. The molecule has 24 heavy (non-hydrogen) atoms. The summed E-state index contributed by atoms with van der Waals surface area (Å²) in [7, 11) is 0. The number of ether oxygens (including phenoxy) is 1. The Balaban J connectivity index is 1.56. The first-order valence-corrected chi connectivity index (χ1v) is 7.89. The number of halogens is 1. The highest BCUT2D eigenvalue weighted by Gasteiger charge is 2.10. The van der Waals surface area contributed by atoms with Crippen molar-refractivity contribution in [1.29, 1.82) is 0 Å². The molecule has 2 heterocycles. The number of nitrogens with zero attached hydrogens (tertiary/aromatic N) is 2. The van der Waals surface area contributed by atoms with Crippen LogP contribution in [0.15, 0.2) is 55.9 Å². The number of benzene rings is 1. The molecule has 0 saturated carbocycles. The van der Waals surface area contributed by atoms with Crippen molar-refractivity contribution in [3.05, 3.63) is 64.4 Å². The Bertz CT molecular complexity index is 865. The lowest BCUT2D eigenvalue weighted by molar-refractivity contribution is -0.139. The van der Waals surface area contributed by atoms with Gasteiger partial charge >= 0.3 is 5.97 Å². The molecule has 1 aromatic carbocycles. The zero-order chi connectivity index (χ0) is 16.9. The van der Waals surface area contributed by atoms with Gasteiger partial charge in [0.2, 0.25) is 5.82 Å². The lowest BCUT2D eigenvalue weighted by Crippen LogP contribution is -2.00. The smallest absolute Gasteiger partial charge is 0.331 e. The predicted molar refractivity (Wildman–Crippen MR) is 89.7 cm³/mol. The summed E-state index contributed by atoms with van der Waals surface area (Å²) in [6, 6.07) is 11.1. The van der Waals surface area contributed by atoms with Crippen molar-refractivity contribution in [3.8, 4) is 11.4 Å². The zero-order valence-electron chi connectivity index (χ0n) is 12.7. The van der Waals surface area contributed by atoms with Gasteiger partial charge in [0, 0.05) is 16.1 Å². The summed E-state index contributed by atoms with van der Waals surface area (Å²) in [5.74, 6) is 1.50. The highest BCUT2D eigenvalue weighted by Crippen LogP contribution is 2.19. The summed E-state index contributed by atoms with van der Waals surface area (Å²) < 4.78 is 16.4. The summed E-state index contributed by atoms with van der Waals surface area (Å²) in [6.07, 6.45) is 2.82. The average Bonchev–Trinajstić information content (AvgIpc) is 3.21. The van der Waals surface area contributed by atoms with Crippen LogP contribution < -0.4 is 0 Å². The Morgan fingerprint density at radius 2 is 2.04 bits per heavy atom. The van der Waals surface area contributed by atoms with Gasteiger partial charge in [0.15, 0.2) is 6.61 Å². The van der Waals surface area contributed by atoms with Crippen LogP contribution in [0.5, 0.6) is 0 Å². The van der Waals surface area contributed by atoms with Gasteiger partial charge in [-0.15, -0.1) is 0 Å². The molecule has 0 amide bonds. The van der Waals surface area contributed by atoms with Gasteiger partial charge in [0.1, 0.15) is 11.5 Å². The average molecular weight is 389 g/mol. The van der Waals surface area contributed by atoms with Gasteiger partial charge in [-0.1, -0.05) is 21.1 Å². The molecule has 0 fully saturated rings. The molecule has 0 aliphatic carbocycles. The molecular formula is C17H13BrN2O4. The minimum atomic E-state index is -0.521. The molecule has 3 rings (SSSR count). The first kappa shape index (κ1) is 16.2. The SMILES string of the molecule is Cc1ccc(C=CC(=O)OCc2nc(-c3ccc(Br)cc3)no2)o1. The van der Waals surface area contributed by atoms with Crippen LogP contribution in [0.25, 0.3) is 17.5 Å². The van der Waals surface area contributed by atoms with Crippen molar-refractivity contribution in [2.75, 3.05) is 0 Å². The maximum atomic E-state index is 11.7. The van der Waals surface area contributed by atoms with Gasteiger partial charge in [0.25, 0.3) is 5.89 Å². The molecule has 122 valence electrons. The monoisotopic (exact) mass is 388 g/mol. The number of aromatic nitrogens is 2. The number of carbonyl (C=O) groups is 1. The third-order valence-corrected chi connectivity index (χ3v) is 3.58. The second-order valence-corrected chi connectivity index (χ2v) is 5.82. The van der Waals surface area contributed by atoms with Crippen molar-refractivity contribution >= 4 is 28.0 Å². The Morgan fingerprint density at radius 1 is 1.25 bits per heavy atom. The van der Waals surface area contributed by atoms with E-state index in [1.165, 1.54) is 12.2 Å². The number of hydrogen-bond acceptors (Lipinski definition) is 6. The van der Waals surface area contributed by atoms with Gasteiger partial charge in [-0.2, -0.15) is 4.98 Å². The third kappa shape index (κ3) is 4.20. The minimum absolute atomic E-state index is 0.0934. The van der Waals surface area contributed by atoms with E-state index in [-0.39, 0.29) is 12.5 Å². The number of esters is 1. The molecule has 3 aromatic rings. The van der Waals surface area contributed by atoms with Crippen LogP contribution in [0.3, 0.4) is 0 Å². The molecule has 6 nitrogen and oxygen atoms in total. The van der Waals surface area contributed by atoms with E-state index in [9.17, 15) is 4.79 Å². The van der Waals surface area contributed by atoms with E-state index < -0.39 is 5.97 Å². The van der Waals surface area contributed by atoms with E-state index in [2.05, 4.69) is 26.1 Å². The summed E-state index contributed by atoms with van der Waals surface area (Å²) in [5.41, 5.74) is 0.813. The van der Waals surface area contributed by atoms with Crippen LogP contribution in [0.2, 0.25) is 0 Å². The highest BCUT2D eigenvalue weighted by molar-refractivity contribution is 9.10. The number of rotatable bonds is 5. The number of carbonyl (C=O) groups excluding carboxylic acids is 1. The van der Waals surface area contributed by atoms with Crippen molar-refractivity contribution in [3.63, 3.8) is 0 Å². The van der Waals surface area contributed by atoms with E-state index in [0.29, 0.717) is 11.6 Å². The third-order valence-electron chi connectivity index (χ3n) is 3.05. The van der Waals surface area contributed by atoms with Gasteiger partial charge in [-0.3, -0.25) is 0 Å². The van der Waals surface area contributed by atoms with E-state index in [1.54, 1.807) is 6.07 Å². The van der Waals surface area contributed by atoms with Crippen molar-refractivity contribution in [2.24, 2.45) is 0 Å². The predicted octanol–water partition coefficient (Wildman–Crippen LogP) is 4.16. The topological polar surface area (TPSA) is 78.4 Å². The molecule has 0 aliphatic rings. The van der Waals surface area contributed by atoms with E-state index in [0.717, 1.165) is 15.8 Å². The fraction of sp³-hybridized carbons (Fsp3) is 0.118. The number of furan rings is 1. The molecule has 0 spiro atoms. The van der Waals surface area contributed by atoms with Crippen LogP contribution in [0.4, 0.5) is 0 Å². The van der Waals surface area contributed by atoms with Crippen LogP contribution in [0.1, 0.15) is 17.4 Å². The Morgan fingerprint density at radius 3 is 2.75 bits per heavy atom. The molecule has 7 heteroatoms. The van der Waals surface area contributed by atoms with Crippen LogP contribution in [-0.4, -0.2) is 16.1 Å². The molecule has 0 unspecified atom stereocenters. The van der Waals surface area contributed by atoms with E-state index in [4.69, 9.17) is 13.7 Å². The summed E-state index contributed by atoms with van der Waals surface area (Å²) in [4.78, 5) is 15.9. The summed E-state index contributed by atoms with van der Waals surface area (Å²) in [6.45, 7) is 1.73. The van der Waals surface area contributed by atoms with Gasteiger partial charge in [-0.05, 0) is 49.4 Å². The van der Waals surface area contributed by atoms with Crippen LogP contribution >= 0.6 is 15.9 Å². The first-order chi connectivity index (χ1) is 11.6. The molecule has 0 aliphatic heterocycles. The van der Waals surface area contributed by atoms with Crippen molar-refractivity contribution in [2.45, 2.75) is 13.5 Å². The van der Waals surface area contributed by atoms with Gasteiger partial charge < -0.3 is 13.7 Å². The summed E-state index contributed by atoms with van der Waals surface area (Å²) in [5, 5.41) is 3.86. The normalized spacial score (nSPS) is 11.1. The highest BCUT2D eigenvalue weighted by atomic mass is 79.9. The maximum Gasteiger partial charge on any atom is 0.331 e. The Kier molecular flexibility index (Phi) is 4.90. The van der Waals surface area contributed by atoms with Gasteiger partial charge in [-0.25, -0.2) is 4.79 Å². The molecule has 2 aromatic heterocycles. The first-order valence-electron chi connectivity index (χ1n) is 7.10. The second kappa shape index (κ2) is 7.27. The fourth-order valence-corrected chi connectivity index (χ4v) is 2.17. The lowest BCUT2D eigenvalue weighted by Gasteiger charge is -1.96. The molecule has 0 bridgehead atoms. The lowest BCUT2D eigenvalue weighted by atomic mass is 10.2. The standard InChI is InChI=1S/C17H13BrN2O4/c1-11-2-7-14(23-11)8-9-16(21)22-10-15-19-17(20-24-15)12-3-5-13(18)6-4-12/h2-9H,10H2,1H3. The molecular weight excluding hydrogens is 376 g/mol.